The van der Waals surface area contributed by atoms with Crippen LogP contribution in [0.3, 0.4) is 0 Å². The first-order valence-electron chi connectivity index (χ1n) is 9.99. The van der Waals surface area contributed by atoms with Crippen LogP contribution in [0.25, 0.3) is 11.3 Å². The van der Waals surface area contributed by atoms with Crippen LogP contribution in [0.4, 0.5) is 0 Å². The van der Waals surface area contributed by atoms with Gasteiger partial charge in [-0.15, -0.1) is 0 Å². The highest BCUT2D eigenvalue weighted by molar-refractivity contribution is 5.93. The summed E-state index contributed by atoms with van der Waals surface area (Å²) in [6.07, 6.45) is 2.13. The molecule has 1 fully saturated rings. The number of fused-ring (bicyclic) bond motifs is 1. The molecular weight excluding hydrogens is 348 g/mol. The SMILES string of the molecule is O=C(c1cc(-c2ccccc2)n[nH]1)N1CCC(N2CCc3ccccc3C2)C1. The lowest BCUT2D eigenvalue weighted by Crippen LogP contribution is -2.41. The van der Waals surface area contributed by atoms with E-state index in [4.69, 9.17) is 0 Å². The van der Waals surface area contributed by atoms with Crippen molar-refractivity contribution in [1.29, 1.82) is 0 Å². The minimum Gasteiger partial charge on any atom is -0.336 e. The van der Waals surface area contributed by atoms with Gasteiger partial charge in [0.1, 0.15) is 5.69 Å². The van der Waals surface area contributed by atoms with E-state index in [0.29, 0.717) is 11.7 Å². The number of benzene rings is 2. The number of carbonyl (C=O) groups excluding carboxylic acids is 1. The number of nitrogens with zero attached hydrogens (tertiary/aromatic N) is 3. The fourth-order valence-corrected chi connectivity index (χ4v) is 4.41. The molecule has 3 heterocycles. The van der Waals surface area contributed by atoms with Crippen molar-refractivity contribution in [2.45, 2.75) is 25.4 Å². The highest BCUT2D eigenvalue weighted by atomic mass is 16.2. The zero-order chi connectivity index (χ0) is 18.9. The van der Waals surface area contributed by atoms with Crippen LogP contribution in [0.2, 0.25) is 0 Å². The summed E-state index contributed by atoms with van der Waals surface area (Å²) in [7, 11) is 0. The summed E-state index contributed by atoms with van der Waals surface area (Å²) in [6.45, 7) is 3.67. The molecule has 1 N–H and O–H groups in total. The highest BCUT2D eigenvalue weighted by Crippen LogP contribution is 2.25. The first-order valence-corrected chi connectivity index (χ1v) is 9.99. The summed E-state index contributed by atoms with van der Waals surface area (Å²) in [4.78, 5) is 17.5. The average Bonchev–Trinajstić information content (AvgIpc) is 3.44. The summed E-state index contributed by atoms with van der Waals surface area (Å²) >= 11 is 0. The van der Waals surface area contributed by atoms with E-state index in [1.807, 2.05) is 41.3 Å². The molecule has 0 bridgehead atoms. The van der Waals surface area contributed by atoms with Gasteiger partial charge in [-0.3, -0.25) is 14.8 Å². The maximum atomic E-state index is 13.0. The number of nitrogens with one attached hydrogen (secondary N) is 1. The summed E-state index contributed by atoms with van der Waals surface area (Å²) in [6, 6.07) is 21.0. The van der Waals surface area contributed by atoms with E-state index < -0.39 is 0 Å². The Bertz CT molecular complexity index is 981. The lowest BCUT2D eigenvalue weighted by molar-refractivity contribution is 0.0767. The first kappa shape index (κ1) is 17.2. The van der Waals surface area contributed by atoms with E-state index in [1.54, 1.807) is 0 Å². The molecule has 1 unspecified atom stereocenters. The van der Waals surface area contributed by atoms with Gasteiger partial charge < -0.3 is 4.90 Å². The molecular formula is C23H24N4O. The molecule has 2 aromatic carbocycles. The summed E-state index contributed by atoms with van der Waals surface area (Å²) in [5.41, 5.74) is 5.30. The van der Waals surface area contributed by atoms with Crippen molar-refractivity contribution in [3.05, 3.63) is 77.5 Å². The average molecular weight is 372 g/mol. The monoisotopic (exact) mass is 372 g/mol. The molecule has 1 aromatic heterocycles. The van der Waals surface area contributed by atoms with Gasteiger partial charge in [-0.05, 0) is 30.0 Å². The van der Waals surface area contributed by atoms with Crippen LogP contribution in [-0.4, -0.2) is 51.6 Å². The second-order valence-electron chi connectivity index (χ2n) is 7.72. The smallest absolute Gasteiger partial charge is 0.271 e. The van der Waals surface area contributed by atoms with Crippen molar-refractivity contribution in [3.8, 4) is 11.3 Å². The highest BCUT2D eigenvalue weighted by Gasteiger charge is 2.32. The third-order valence-electron chi connectivity index (χ3n) is 6.00. The van der Waals surface area contributed by atoms with E-state index in [1.165, 1.54) is 11.1 Å². The third-order valence-corrected chi connectivity index (χ3v) is 6.00. The number of hydrogen-bond acceptors (Lipinski definition) is 3. The Kier molecular flexibility index (Phi) is 4.45. The van der Waals surface area contributed by atoms with Gasteiger partial charge in [0.05, 0.1) is 5.69 Å². The molecule has 5 nitrogen and oxygen atoms in total. The molecule has 1 saturated heterocycles. The van der Waals surface area contributed by atoms with E-state index in [-0.39, 0.29) is 5.91 Å². The van der Waals surface area contributed by atoms with Gasteiger partial charge in [-0.25, -0.2) is 0 Å². The van der Waals surface area contributed by atoms with Crippen molar-refractivity contribution in [2.75, 3.05) is 19.6 Å². The van der Waals surface area contributed by atoms with Crippen LogP contribution in [0, 0.1) is 0 Å². The van der Waals surface area contributed by atoms with Crippen molar-refractivity contribution in [1.82, 2.24) is 20.0 Å². The predicted molar refractivity (Wildman–Crippen MR) is 109 cm³/mol. The summed E-state index contributed by atoms with van der Waals surface area (Å²) < 4.78 is 0. The molecule has 5 heteroatoms. The molecule has 0 radical (unpaired) electrons. The van der Waals surface area contributed by atoms with Crippen molar-refractivity contribution >= 4 is 5.91 Å². The van der Waals surface area contributed by atoms with Crippen LogP contribution in [-0.2, 0) is 13.0 Å². The van der Waals surface area contributed by atoms with Crippen LogP contribution in [0.1, 0.15) is 28.0 Å². The molecule has 2 aliphatic rings. The number of likely N-dealkylation sites (tertiary alicyclic amines) is 1. The Morgan fingerprint density at radius 3 is 2.64 bits per heavy atom. The number of aromatic nitrogens is 2. The van der Waals surface area contributed by atoms with Crippen molar-refractivity contribution < 1.29 is 4.79 Å². The Balaban J connectivity index is 1.25. The van der Waals surface area contributed by atoms with Gasteiger partial charge in [-0.2, -0.15) is 5.10 Å². The second-order valence-corrected chi connectivity index (χ2v) is 7.72. The van der Waals surface area contributed by atoms with Gasteiger partial charge in [0.25, 0.3) is 5.91 Å². The Hall–Kier alpha value is -2.92. The molecule has 3 aromatic rings. The van der Waals surface area contributed by atoms with Crippen LogP contribution in [0.15, 0.2) is 60.7 Å². The van der Waals surface area contributed by atoms with E-state index >= 15 is 0 Å². The molecule has 0 spiro atoms. The molecule has 0 aliphatic carbocycles. The lowest BCUT2D eigenvalue weighted by Gasteiger charge is -2.33. The number of aromatic amines is 1. The number of carbonyl (C=O) groups is 1. The largest absolute Gasteiger partial charge is 0.336 e. The van der Waals surface area contributed by atoms with Crippen LogP contribution >= 0.6 is 0 Å². The number of hydrogen-bond donors (Lipinski definition) is 1. The van der Waals surface area contributed by atoms with Gasteiger partial charge in [0, 0.05) is 37.8 Å². The molecule has 2 aliphatic heterocycles. The zero-order valence-electron chi connectivity index (χ0n) is 15.8. The minimum atomic E-state index is 0.0505. The summed E-state index contributed by atoms with van der Waals surface area (Å²) in [5, 5.41) is 7.26. The molecule has 28 heavy (non-hydrogen) atoms. The second kappa shape index (κ2) is 7.24. The van der Waals surface area contributed by atoms with E-state index in [9.17, 15) is 4.79 Å². The Labute approximate surface area is 165 Å². The fraction of sp³-hybridized carbons (Fsp3) is 0.304. The molecule has 1 amide bonds. The molecule has 142 valence electrons. The maximum absolute atomic E-state index is 13.0. The van der Waals surface area contributed by atoms with Gasteiger partial charge in [0.15, 0.2) is 0 Å². The minimum absolute atomic E-state index is 0.0505. The summed E-state index contributed by atoms with van der Waals surface area (Å²) in [5.74, 6) is 0.0505. The van der Waals surface area contributed by atoms with E-state index in [2.05, 4.69) is 39.4 Å². The first-order chi connectivity index (χ1) is 13.8. The Morgan fingerprint density at radius 2 is 1.79 bits per heavy atom. The maximum Gasteiger partial charge on any atom is 0.271 e. The molecule has 5 rings (SSSR count). The predicted octanol–water partition coefficient (Wildman–Crippen LogP) is 3.35. The van der Waals surface area contributed by atoms with Crippen LogP contribution in [0.5, 0.6) is 0 Å². The van der Waals surface area contributed by atoms with Crippen LogP contribution < -0.4 is 0 Å². The fourth-order valence-electron chi connectivity index (χ4n) is 4.41. The van der Waals surface area contributed by atoms with Crippen molar-refractivity contribution in [2.24, 2.45) is 0 Å². The quantitative estimate of drug-likeness (QED) is 0.767. The number of amides is 1. The molecule has 0 saturated carbocycles. The normalized spacial score (nSPS) is 19.6. The van der Waals surface area contributed by atoms with Crippen molar-refractivity contribution in [3.63, 3.8) is 0 Å². The van der Waals surface area contributed by atoms with E-state index in [0.717, 1.165) is 50.3 Å². The van der Waals surface area contributed by atoms with Gasteiger partial charge in [0.2, 0.25) is 0 Å². The topological polar surface area (TPSA) is 52.2 Å². The lowest BCUT2D eigenvalue weighted by atomic mass is 9.98. The van der Waals surface area contributed by atoms with Gasteiger partial charge >= 0.3 is 0 Å². The Morgan fingerprint density at radius 1 is 1.00 bits per heavy atom. The standard InChI is InChI=1S/C23H24N4O/c28-23(22-14-21(24-25-22)18-7-2-1-3-8-18)27-13-11-20(16-27)26-12-10-17-6-4-5-9-19(17)15-26/h1-9,14,20H,10-13,15-16H2,(H,24,25). The molecule has 1 atom stereocenters. The zero-order valence-corrected chi connectivity index (χ0v) is 15.8. The number of H-pyrrole nitrogens is 1. The number of rotatable bonds is 3. The van der Waals surface area contributed by atoms with Gasteiger partial charge in [-0.1, -0.05) is 54.6 Å². The third kappa shape index (κ3) is 3.22.